The highest BCUT2D eigenvalue weighted by atomic mass is 79.9. The Morgan fingerprint density at radius 3 is 2.93 bits per heavy atom. The summed E-state index contributed by atoms with van der Waals surface area (Å²) in [5.74, 6) is 0.759. The van der Waals surface area contributed by atoms with Crippen LogP contribution in [-0.2, 0) is 11.3 Å². The third-order valence-corrected chi connectivity index (χ3v) is 4.35. The van der Waals surface area contributed by atoms with Gasteiger partial charge in [-0.2, -0.15) is 0 Å². The molecule has 1 aliphatic heterocycles. The van der Waals surface area contributed by atoms with E-state index in [9.17, 15) is 0 Å². The van der Waals surface area contributed by atoms with Crippen molar-refractivity contribution < 1.29 is 4.74 Å². The van der Waals surface area contributed by atoms with Crippen LogP contribution in [-0.4, -0.2) is 19.7 Å². The predicted octanol–water partition coefficient (Wildman–Crippen LogP) is 3.03. The van der Waals surface area contributed by atoms with Gasteiger partial charge in [-0.25, -0.2) is 0 Å². The summed E-state index contributed by atoms with van der Waals surface area (Å²) >= 11 is 5.20. The SMILES string of the molecule is Brc1csc(COCC2CCNCC2)c1. The molecule has 0 amide bonds. The molecule has 2 heterocycles. The van der Waals surface area contributed by atoms with Gasteiger partial charge in [0.2, 0.25) is 0 Å². The van der Waals surface area contributed by atoms with Crippen LogP contribution in [0.2, 0.25) is 0 Å². The van der Waals surface area contributed by atoms with Gasteiger partial charge in [-0.1, -0.05) is 0 Å². The molecule has 1 saturated heterocycles. The largest absolute Gasteiger partial charge is 0.376 e. The minimum atomic E-state index is 0.759. The van der Waals surface area contributed by atoms with Crippen molar-refractivity contribution in [1.29, 1.82) is 0 Å². The van der Waals surface area contributed by atoms with Crippen LogP contribution in [0, 0.1) is 5.92 Å². The first-order chi connectivity index (χ1) is 7.34. The maximum atomic E-state index is 5.73. The van der Waals surface area contributed by atoms with E-state index in [2.05, 4.69) is 32.7 Å². The van der Waals surface area contributed by atoms with Crippen LogP contribution in [0.15, 0.2) is 15.9 Å². The topological polar surface area (TPSA) is 21.3 Å². The van der Waals surface area contributed by atoms with E-state index in [1.165, 1.54) is 17.7 Å². The molecule has 0 aromatic carbocycles. The fourth-order valence-electron chi connectivity index (χ4n) is 1.80. The van der Waals surface area contributed by atoms with Crippen molar-refractivity contribution in [2.24, 2.45) is 5.92 Å². The zero-order valence-corrected chi connectivity index (χ0v) is 11.1. The number of ether oxygens (including phenoxy) is 1. The summed E-state index contributed by atoms with van der Waals surface area (Å²) in [7, 11) is 0. The molecule has 0 aliphatic carbocycles. The molecular weight excluding hydrogens is 274 g/mol. The zero-order valence-electron chi connectivity index (χ0n) is 8.67. The third-order valence-electron chi connectivity index (χ3n) is 2.68. The van der Waals surface area contributed by atoms with Gasteiger partial charge in [0, 0.05) is 21.3 Å². The van der Waals surface area contributed by atoms with Crippen LogP contribution >= 0.6 is 27.3 Å². The number of hydrogen-bond donors (Lipinski definition) is 1. The van der Waals surface area contributed by atoms with Gasteiger partial charge < -0.3 is 10.1 Å². The van der Waals surface area contributed by atoms with Crippen LogP contribution in [0.5, 0.6) is 0 Å². The Balaban J connectivity index is 1.65. The van der Waals surface area contributed by atoms with E-state index in [1.807, 2.05) is 0 Å². The van der Waals surface area contributed by atoms with E-state index in [1.54, 1.807) is 11.3 Å². The van der Waals surface area contributed by atoms with E-state index in [4.69, 9.17) is 4.74 Å². The molecule has 0 saturated carbocycles. The van der Waals surface area contributed by atoms with Gasteiger partial charge in [-0.15, -0.1) is 11.3 Å². The van der Waals surface area contributed by atoms with Crippen LogP contribution < -0.4 is 5.32 Å². The fraction of sp³-hybridized carbons (Fsp3) is 0.636. The van der Waals surface area contributed by atoms with Gasteiger partial charge >= 0.3 is 0 Å². The second-order valence-electron chi connectivity index (χ2n) is 3.94. The van der Waals surface area contributed by atoms with Gasteiger partial charge in [0.15, 0.2) is 0 Å². The number of hydrogen-bond acceptors (Lipinski definition) is 3. The quantitative estimate of drug-likeness (QED) is 0.920. The predicted molar refractivity (Wildman–Crippen MR) is 67.3 cm³/mol. The number of nitrogens with one attached hydrogen (secondary N) is 1. The van der Waals surface area contributed by atoms with Gasteiger partial charge in [0.05, 0.1) is 6.61 Å². The maximum Gasteiger partial charge on any atom is 0.0809 e. The maximum absolute atomic E-state index is 5.73. The molecule has 1 fully saturated rings. The molecule has 0 atom stereocenters. The van der Waals surface area contributed by atoms with Crippen LogP contribution in [0.25, 0.3) is 0 Å². The van der Waals surface area contributed by atoms with Crippen molar-refractivity contribution in [3.63, 3.8) is 0 Å². The molecular formula is C11H16BrNOS. The highest BCUT2D eigenvalue weighted by Gasteiger charge is 2.12. The van der Waals surface area contributed by atoms with Crippen molar-refractivity contribution in [2.75, 3.05) is 19.7 Å². The lowest BCUT2D eigenvalue weighted by molar-refractivity contribution is 0.0779. The standard InChI is InChI=1S/C11H16BrNOS/c12-10-5-11(15-8-10)7-14-6-9-1-3-13-4-2-9/h5,8-9,13H,1-4,6-7H2. The minimum Gasteiger partial charge on any atom is -0.376 e. The summed E-state index contributed by atoms with van der Waals surface area (Å²) in [6.45, 7) is 3.98. The number of rotatable bonds is 4. The van der Waals surface area contributed by atoms with E-state index < -0.39 is 0 Å². The molecule has 84 valence electrons. The Kier molecular flexibility index (Phi) is 4.62. The van der Waals surface area contributed by atoms with Crippen LogP contribution in [0.4, 0.5) is 0 Å². The number of halogens is 1. The fourth-order valence-corrected chi connectivity index (χ4v) is 3.19. The normalized spacial score (nSPS) is 18.2. The van der Waals surface area contributed by atoms with Crippen LogP contribution in [0.3, 0.4) is 0 Å². The van der Waals surface area contributed by atoms with Crippen molar-refractivity contribution in [3.05, 3.63) is 20.8 Å². The van der Waals surface area contributed by atoms with E-state index >= 15 is 0 Å². The van der Waals surface area contributed by atoms with Crippen molar-refractivity contribution in [3.8, 4) is 0 Å². The highest BCUT2D eigenvalue weighted by molar-refractivity contribution is 9.10. The first-order valence-corrected chi connectivity index (χ1v) is 7.03. The highest BCUT2D eigenvalue weighted by Crippen LogP contribution is 2.21. The molecule has 1 aromatic heterocycles. The van der Waals surface area contributed by atoms with Crippen molar-refractivity contribution in [1.82, 2.24) is 5.32 Å². The first kappa shape index (κ1) is 11.6. The molecule has 2 nitrogen and oxygen atoms in total. The summed E-state index contributed by atoms with van der Waals surface area (Å²) < 4.78 is 6.89. The summed E-state index contributed by atoms with van der Waals surface area (Å²) in [5.41, 5.74) is 0. The number of piperidine rings is 1. The Bertz CT molecular complexity index is 297. The molecule has 4 heteroatoms. The van der Waals surface area contributed by atoms with Crippen molar-refractivity contribution in [2.45, 2.75) is 19.4 Å². The Morgan fingerprint density at radius 2 is 2.27 bits per heavy atom. The summed E-state index contributed by atoms with van der Waals surface area (Å²) in [6.07, 6.45) is 2.52. The average molecular weight is 290 g/mol. The van der Waals surface area contributed by atoms with E-state index in [0.717, 1.165) is 36.7 Å². The Hall–Kier alpha value is 0.1000. The summed E-state index contributed by atoms with van der Waals surface area (Å²) in [5, 5.41) is 5.47. The molecule has 2 rings (SSSR count). The lowest BCUT2D eigenvalue weighted by atomic mass is 9.99. The molecule has 0 spiro atoms. The lowest BCUT2D eigenvalue weighted by Crippen LogP contribution is -2.29. The van der Waals surface area contributed by atoms with Gasteiger partial charge in [0.1, 0.15) is 0 Å². The monoisotopic (exact) mass is 289 g/mol. The molecule has 1 aromatic rings. The van der Waals surface area contributed by atoms with Gasteiger partial charge in [-0.3, -0.25) is 0 Å². The molecule has 15 heavy (non-hydrogen) atoms. The first-order valence-electron chi connectivity index (χ1n) is 5.36. The summed E-state index contributed by atoms with van der Waals surface area (Å²) in [6, 6.07) is 2.13. The Labute approximate surface area is 103 Å². The second kappa shape index (κ2) is 5.99. The molecule has 1 aliphatic rings. The van der Waals surface area contributed by atoms with E-state index in [-0.39, 0.29) is 0 Å². The molecule has 0 bridgehead atoms. The van der Waals surface area contributed by atoms with Gasteiger partial charge in [0.25, 0.3) is 0 Å². The number of thiophene rings is 1. The zero-order chi connectivity index (χ0) is 10.5. The third kappa shape index (κ3) is 3.87. The minimum absolute atomic E-state index is 0.759. The van der Waals surface area contributed by atoms with Crippen molar-refractivity contribution >= 4 is 27.3 Å². The van der Waals surface area contributed by atoms with Crippen LogP contribution in [0.1, 0.15) is 17.7 Å². The molecule has 0 unspecified atom stereocenters. The second-order valence-corrected chi connectivity index (χ2v) is 5.85. The lowest BCUT2D eigenvalue weighted by Gasteiger charge is -2.22. The molecule has 0 radical (unpaired) electrons. The summed E-state index contributed by atoms with van der Waals surface area (Å²) in [4.78, 5) is 1.30. The van der Waals surface area contributed by atoms with Gasteiger partial charge in [-0.05, 0) is 53.8 Å². The average Bonchev–Trinajstić information content (AvgIpc) is 2.66. The van der Waals surface area contributed by atoms with E-state index in [0.29, 0.717) is 0 Å². The Morgan fingerprint density at radius 1 is 1.47 bits per heavy atom. The molecule has 1 N–H and O–H groups in total. The smallest absolute Gasteiger partial charge is 0.0809 e.